The molecule has 0 aliphatic carbocycles. The quantitative estimate of drug-likeness (QED) is 0.866. The van der Waals surface area contributed by atoms with E-state index in [2.05, 4.69) is 26.1 Å². The smallest absolute Gasteiger partial charge is 0.238 e. The van der Waals surface area contributed by atoms with Gasteiger partial charge in [0.1, 0.15) is 0 Å². The predicted molar refractivity (Wildman–Crippen MR) is 85.7 cm³/mol. The van der Waals surface area contributed by atoms with Crippen LogP contribution in [0.2, 0.25) is 0 Å². The number of carbonyl (C=O) groups excluding carboxylic acids is 1. The van der Waals surface area contributed by atoms with Crippen molar-refractivity contribution in [3.8, 4) is 0 Å². The number of nitrogens with two attached hydrogens (primary N) is 1. The van der Waals surface area contributed by atoms with Gasteiger partial charge in [-0.3, -0.25) is 9.69 Å². The Hall–Kier alpha value is -0.910. The maximum Gasteiger partial charge on any atom is 0.238 e. The lowest BCUT2D eigenvalue weighted by atomic mass is 9.99. The molecule has 0 bridgehead atoms. The Morgan fingerprint density at radius 3 is 2.95 bits per heavy atom. The number of halogens is 1. The van der Waals surface area contributed by atoms with Gasteiger partial charge in [0.25, 0.3) is 0 Å². The number of likely N-dealkylation sites (tertiary alicyclic amines) is 1. The number of hydrogen-bond acceptors (Lipinski definition) is 3. The number of carbonyl (C=O) groups is 1. The highest BCUT2D eigenvalue weighted by molar-refractivity contribution is 9.10. The average Bonchev–Trinajstić information content (AvgIpc) is 2.44. The molecule has 0 radical (unpaired) electrons. The summed E-state index contributed by atoms with van der Waals surface area (Å²) in [5.41, 5.74) is 6.49. The molecule has 1 amide bonds. The van der Waals surface area contributed by atoms with E-state index in [1.807, 2.05) is 24.3 Å². The fraction of sp³-hybridized carbons (Fsp3) is 0.533. The number of rotatable bonds is 5. The number of anilines is 1. The first-order valence-electron chi connectivity index (χ1n) is 7.19. The molecular formula is C15H22BrN3O. The number of piperidine rings is 1. The van der Waals surface area contributed by atoms with Crippen LogP contribution in [0.5, 0.6) is 0 Å². The third-order valence-corrected chi connectivity index (χ3v) is 4.44. The van der Waals surface area contributed by atoms with E-state index in [4.69, 9.17) is 5.73 Å². The number of amides is 1. The fourth-order valence-electron chi connectivity index (χ4n) is 2.72. The molecule has 1 aromatic rings. The Bertz CT molecular complexity index is 450. The maximum absolute atomic E-state index is 12.2. The lowest BCUT2D eigenvalue weighted by Crippen LogP contribution is -2.44. The van der Waals surface area contributed by atoms with Crippen LogP contribution in [0.25, 0.3) is 0 Å². The van der Waals surface area contributed by atoms with Crippen LogP contribution in [-0.2, 0) is 4.79 Å². The number of benzene rings is 1. The zero-order valence-electron chi connectivity index (χ0n) is 11.6. The monoisotopic (exact) mass is 339 g/mol. The van der Waals surface area contributed by atoms with E-state index < -0.39 is 0 Å². The second-order valence-corrected chi connectivity index (χ2v) is 6.08. The molecule has 3 N–H and O–H groups in total. The molecule has 0 aromatic heterocycles. The summed E-state index contributed by atoms with van der Waals surface area (Å²) in [5.74, 6) is 0.0424. The van der Waals surface area contributed by atoms with Gasteiger partial charge in [0, 0.05) is 10.5 Å². The molecule has 0 spiro atoms. The van der Waals surface area contributed by atoms with Gasteiger partial charge >= 0.3 is 0 Å². The van der Waals surface area contributed by atoms with Crippen molar-refractivity contribution in [1.82, 2.24) is 4.90 Å². The van der Waals surface area contributed by atoms with E-state index in [1.165, 1.54) is 12.8 Å². The van der Waals surface area contributed by atoms with Gasteiger partial charge in [-0.15, -0.1) is 0 Å². The van der Waals surface area contributed by atoms with Gasteiger partial charge in [0.05, 0.1) is 12.2 Å². The van der Waals surface area contributed by atoms with Gasteiger partial charge in [0.15, 0.2) is 0 Å². The van der Waals surface area contributed by atoms with Gasteiger partial charge in [-0.2, -0.15) is 0 Å². The number of para-hydroxylation sites is 1. The first kappa shape index (κ1) is 15.5. The summed E-state index contributed by atoms with van der Waals surface area (Å²) in [6, 6.07) is 8.13. The topological polar surface area (TPSA) is 58.4 Å². The Morgan fingerprint density at radius 2 is 2.20 bits per heavy atom. The van der Waals surface area contributed by atoms with E-state index >= 15 is 0 Å². The molecule has 0 saturated carbocycles. The van der Waals surface area contributed by atoms with E-state index in [9.17, 15) is 4.79 Å². The van der Waals surface area contributed by atoms with Crippen molar-refractivity contribution < 1.29 is 4.79 Å². The van der Waals surface area contributed by atoms with Crippen LogP contribution in [0.3, 0.4) is 0 Å². The van der Waals surface area contributed by atoms with Crippen LogP contribution in [0.1, 0.15) is 25.7 Å². The average molecular weight is 340 g/mol. The molecule has 110 valence electrons. The lowest BCUT2D eigenvalue weighted by molar-refractivity contribution is -0.118. The Balaban J connectivity index is 1.91. The van der Waals surface area contributed by atoms with Gasteiger partial charge in [-0.25, -0.2) is 0 Å². The molecule has 1 heterocycles. The van der Waals surface area contributed by atoms with Crippen LogP contribution in [0.15, 0.2) is 28.7 Å². The van der Waals surface area contributed by atoms with E-state index in [-0.39, 0.29) is 5.91 Å². The minimum atomic E-state index is 0.0424. The van der Waals surface area contributed by atoms with Gasteiger partial charge < -0.3 is 11.1 Å². The predicted octanol–water partition coefficient (Wildman–Crippen LogP) is 2.59. The molecule has 5 heteroatoms. The van der Waals surface area contributed by atoms with Crippen LogP contribution in [0, 0.1) is 0 Å². The normalized spacial score (nSPS) is 19.8. The third kappa shape index (κ3) is 4.30. The summed E-state index contributed by atoms with van der Waals surface area (Å²) in [7, 11) is 0. The summed E-state index contributed by atoms with van der Waals surface area (Å²) in [4.78, 5) is 14.4. The fourth-order valence-corrected chi connectivity index (χ4v) is 3.11. The first-order valence-corrected chi connectivity index (χ1v) is 7.98. The molecule has 1 aliphatic rings. The lowest BCUT2D eigenvalue weighted by Gasteiger charge is -2.35. The minimum absolute atomic E-state index is 0.0424. The van der Waals surface area contributed by atoms with Crippen LogP contribution in [-0.4, -0.2) is 36.5 Å². The molecule has 1 atom stereocenters. The Labute approximate surface area is 128 Å². The zero-order valence-corrected chi connectivity index (χ0v) is 13.2. The minimum Gasteiger partial charge on any atom is -0.330 e. The molecule has 1 saturated heterocycles. The molecule has 1 aromatic carbocycles. The molecule has 1 aliphatic heterocycles. The van der Waals surface area contributed by atoms with Gasteiger partial charge in [0.2, 0.25) is 5.91 Å². The van der Waals surface area contributed by atoms with E-state index in [0.717, 1.165) is 29.5 Å². The summed E-state index contributed by atoms with van der Waals surface area (Å²) >= 11 is 3.44. The van der Waals surface area contributed by atoms with E-state index in [1.54, 1.807) is 0 Å². The number of nitrogens with one attached hydrogen (secondary N) is 1. The molecule has 1 unspecified atom stereocenters. The summed E-state index contributed by atoms with van der Waals surface area (Å²) in [5, 5.41) is 2.96. The molecule has 20 heavy (non-hydrogen) atoms. The zero-order chi connectivity index (χ0) is 14.4. The van der Waals surface area contributed by atoms with Crippen molar-refractivity contribution in [2.45, 2.75) is 31.7 Å². The second kappa shape index (κ2) is 7.76. The highest BCUT2D eigenvalue weighted by Gasteiger charge is 2.23. The molecule has 4 nitrogen and oxygen atoms in total. The van der Waals surface area contributed by atoms with E-state index in [0.29, 0.717) is 19.1 Å². The highest BCUT2D eigenvalue weighted by Crippen LogP contribution is 2.22. The number of hydrogen-bond donors (Lipinski definition) is 2. The second-order valence-electron chi connectivity index (χ2n) is 5.23. The summed E-state index contributed by atoms with van der Waals surface area (Å²) < 4.78 is 0.908. The van der Waals surface area contributed by atoms with Crippen molar-refractivity contribution in [3.63, 3.8) is 0 Å². The van der Waals surface area contributed by atoms with Crippen LogP contribution in [0.4, 0.5) is 5.69 Å². The molecule has 2 rings (SSSR count). The summed E-state index contributed by atoms with van der Waals surface area (Å²) in [6.07, 6.45) is 4.54. The number of nitrogens with zero attached hydrogens (tertiary/aromatic N) is 1. The molecular weight excluding hydrogens is 318 g/mol. The molecule has 1 fully saturated rings. The van der Waals surface area contributed by atoms with Crippen molar-refractivity contribution >= 4 is 27.5 Å². The largest absolute Gasteiger partial charge is 0.330 e. The Morgan fingerprint density at radius 1 is 1.40 bits per heavy atom. The van der Waals surface area contributed by atoms with Gasteiger partial charge in [-0.1, -0.05) is 18.6 Å². The Kier molecular flexibility index (Phi) is 6.01. The third-order valence-electron chi connectivity index (χ3n) is 3.74. The SMILES string of the molecule is NCCC1CCCCN1CC(=O)Nc1ccccc1Br. The summed E-state index contributed by atoms with van der Waals surface area (Å²) in [6.45, 7) is 2.13. The first-order chi connectivity index (χ1) is 9.70. The standard InChI is InChI=1S/C15H22BrN3O/c16-13-6-1-2-7-14(13)18-15(20)11-19-10-4-3-5-12(19)8-9-17/h1-2,6-7,12H,3-5,8-11,17H2,(H,18,20). The van der Waals surface area contributed by atoms with Crippen molar-refractivity contribution in [2.75, 3.05) is 25.0 Å². The van der Waals surface area contributed by atoms with Crippen molar-refractivity contribution in [1.29, 1.82) is 0 Å². The van der Waals surface area contributed by atoms with Gasteiger partial charge in [-0.05, 0) is 60.4 Å². The van der Waals surface area contributed by atoms with Crippen molar-refractivity contribution in [2.24, 2.45) is 5.73 Å². The van der Waals surface area contributed by atoms with Crippen LogP contribution < -0.4 is 11.1 Å². The van der Waals surface area contributed by atoms with Crippen molar-refractivity contribution in [3.05, 3.63) is 28.7 Å². The van der Waals surface area contributed by atoms with Crippen LogP contribution >= 0.6 is 15.9 Å². The maximum atomic E-state index is 12.2. The highest BCUT2D eigenvalue weighted by atomic mass is 79.9.